The number of hydrogen-bond donors (Lipinski definition) is 0. The van der Waals surface area contributed by atoms with Gasteiger partial charge in [-0.25, -0.2) is 0 Å². The summed E-state index contributed by atoms with van der Waals surface area (Å²) in [6, 6.07) is 18.9. The number of rotatable bonds is 21. The maximum Gasteiger partial charge on any atom is 0.311 e. The summed E-state index contributed by atoms with van der Waals surface area (Å²) in [5.74, 6) is 0.459. The largest absolute Gasteiger partial charge is 0.455 e. The summed E-state index contributed by atoms with van der Waals surface area (Å²) in [4.78, 5) is 13.0. The number of carbonyl (C=O) groups excluding carboxylic acids is 1. The second-order valence-corrected chi connectivity index (χ2v) is 12.0. The number of benzene rings is 2. The second-order valence-electron chi connectivity index (χ2n) is 12.0. The monoisotopic (exact) mass is 538 g/mol. The third-order valence-corrected chi connectivity index (χ3v) is 7.53. The lowest BCUT2D eigenvalue weighted by atomic mass is 10.0. The zero-order valence-electron chi connectivity index (χ0n) is 25.6. The van der Waals surface area contributed by atoms with Crippen LogP contribution in [-0.4, -0.2) is 37.4 Å². The molecule has 0 aromatic heterocycles. The molecule has 0 bridgehead atoms. The Morgan fingerprint density at radius 3 is 2.08 bits per heavy atom. The molecule has 2 rings (SSSR count). The van der Waals surface area contributed by atoms with Gasteiger partial charge in [-0.2, -0.15) is 0 Å². The Hall–Kier alpha value is -2.33. The van der Waals surface area contributed by atoms with Crippen LogP contribution in [-0.2, 0) is 22.5 Å². The summed E-state index contributed by atoms with van der Waals surface area (Å²) in [5.41, 5.74) is 2.61. The van der Waals surface area contributed by atoms with Crippen molar-refractivity contribution in [2.75, 3.05) is 20.6 Å². The van der Waals surface area contributed by atoms with Gasteiger partial charge in [0.25, 0.3) is 0 Å². The standard InChI is InChI=1S/C35H56NO3/c1-6-8-9-10-11-12-13-14-16-21-31-24-19-25-33(28-31)38-34(20-7-2)39-35(37)30(3)26-27-36(4,5)29-32-22-17-15-18-23-32/h15,17-19,22-25,28,30,34H,6-14,16,20-21,26-27,29H2,1-5H3/q+1. The van der Waals surface area contributed by atoms with E-state index in [1.165, 1.54) is 68.9 Å². The first-order chi connectivity index (χ1) is 18.8. The summed E-state index contributed by atoms with van der Waals surface area (Å²) in [6.45, 7) is 8.19. The van der Waals surface area contributed by atoms with Crippen LogP contribution in [0.2, 0.25) is 0 Å². The highest BCUT2D eigenvalue weighted by atomic mass is 16.7. The molecule has 2 aromatic rings. The minimum Gasteiger partial charge on any atom is -0.455 e. The van der Waals surface area contributed by atoms with E-state index in [0.29, 0.717) is 6.42 Å². The fraction of sp³-hybridized carbons (Fsp3) is 0.629. The summed E-state index contributed by atoms with van der Waals surface area (Å²) < 4.78 is 12.9. The predicted molar refractivity (Wildman–Crippen MR) is 164 cm³/mol. The fourth-order valence-electron chi connectivity index (χ4n) is 5.01. The highest BCUT2D eigenvalue weighted by molar-refractivity contribution is 5.72. The van der Waals surface area contributed by atoms with Crippen LogP contribution in [0.15, 0.2) is 54.6 Å². The van der Waals surface area contributed by atoms with Crippen LogP contribution >= 0.6 is 0 Å². The van der Waals surface area contributed by atoms with Gasteiger partial charge in [-0.3, -0.25) is 4.79 Å². The first-order valence-electron chi connectivity index (χ1n) is 15.6. The molecule has 0 amide bonds. The van der Waals surface area contributed by atoms with Crippen LogP contribution in [0.1, 0.15) is 109 Å². The number of hydrogen-bond acceptors (Lipinski definition) is 3. The zero-order chi connectivity index (χ0) is 28.3. The molecule has 0 heterocycles. The van der Waals surface area contributed by atoms with E-state index in [-0.39, 0.29) is 11.9 Å². The number of unbranched alkanes of at least 4 members (excludes halogenated alkanes) is 8. The van der Waals surface area contributed by atoms with E-state index in [1.54, 1.807) is 0 Å². The summed E-state index contributed by atoms with van der Waals surface area (Å²) in [6.07, 6.45) is 14.9. The number of carbonyl (C=O) groups is 1. The van der Waals surface area contributed by atoms with Gasteiger partial charge in [-0.1, -0.05) is 115 Å². The Morgan fingerprint density at radius 2 is 1.41 bits per heavy atom. The van der Waals surface area contributed by atoms with E-state index < -0.39 is 6.29 Å². The normalized spacial score (nSPS) is 13.2. The average Bonchev–Trinajstić information content (AvgIpc) is 2.91. The maximum atomic E-state index is 13.0. The number of nitrogens with zero attached hydrogens (tertiary/aromatic N) is 1. The Morgan fingerprint density at radius 1 is 0.769 bits per heavy atom. The summed E-state index contributed by atoms with van der Waals surface area (Å²) in [7, 11) is 4.44. The van der Waals surface area contributed by atoms with Crippen LogP contribution in [0.4, 0.5) is 0 Å². The number of aryl methyl sites for hydroxylation is 1. The molecule has 0 saturated carbocycles. The molecule has 0 radical (unpaired) electrons. The molecule has 4 heteroatoms. The predicted octanol–water partition coefficient (Wildman–Crippen LogP) is 9.11. The SMILES string of the molecule is CCCCCCCCCCCc1cccc(OC(CCC)OC(=O)C(C)CC[N+](C)(C)Cc2ccccc2)c1. The van der Waals surface area contributed by atoms with Crippen molar-refractivity contribution in [1.82, 2.24) is 0 Å². The lowest BCUT2D eigenvalue weighted by Crippen LogP contribution is -2.41. The Labute approximate surface area is 239 Å². The molecular weight excluding hydrogens is 482 g/mol. The molecule has 2 atom stereocenters. The minimum absolute atomic E-state index is 0.167. The van der Waals surface area contributed by atoms with Crippen LogP contribution in [0, 0.1) is 5.92 Å². The van der Waals surface area contributed by atoms with Gasteiger partial charge in [0, 0.05) is 18.4 Å². The summed E-state index contributed by atoms with van der Waals surface area (Å²) in [5, 5.41) is 0. The van der Waals surface area contributed by atoms with Gasteiger partial charge in [0.15, 0.2) is 0 Å². The van der Waals surface area contributed by atoms with E-state index >= 15 is 0 Å². The van der Waals surface area contributed by atoms with E-state index in [0.717, 1.165) is 42.6 Å². The van der Waals surface area contributed by atoms with Gasteiger partial charge < -0.3 is 14.0 Å². The first kappa shape index (κ1) is 32.9. The van der Waals surface area contributed by atoms with Gasteiger partial charge in [0.05, 0.1) is 26.6 Å². The van der Waals surface area contributed by atoms with Gasteiger partial charge in [0.1, 0.15) is 12.3 Å². The van der Waals surface area contributed by atoms with Crippen molar-refractivity contribution in [3.05, 3.63) is 65.7 Å². The minimum atomic E-state index is -0.542. The molecule has 0 N–H and O–H groups in total. The zero-order valence-corrected chi connectivity index (χ0v) is 25.6. The lowest BCUT2D eigenvalue weighted by Gasteiger charge is -2.31. The lowest BCUT2D eigenvalue weighted by molar-refractivity contribution is -0.904. The molecule has 0 saturated heterocycles. The smallest absolute Gasteiger partial charge is 0.311 e. The third kappa shape index (κ3) is 14.6. The third-order valence-electron chi connectivity index (χ3n) is 7.53. The molecule has 0 aliphatic heterocycles. The van der Waals surface area contributed by atoms with E-state index in [9.17, 15) is 4.79 Å². The van der Waals surface area contributed by atoms with Crippen molar-refractivity contribution in [2.45, 2.75) is 117 Å². The van der Waals surface area contributed by atoms with E-state index in [1.807, 2.05) is 19.1 Å². The Bertz CT molecular complexity index is 911. The number of quaternary nitrogens is 1. The van der Waals surface area contributed by atoms with Crippen molar-refractivity contribution < 1.29 is 18.8 Å². The fourth-order valence-corrected chi connectivity index (χ4v) is 5.01. The first-order valence-corrected chi connectivity index (χ1v) is 15.6. The highest BCUT2D eigenvalue weighted by Gasteiger charge is 2.24. The molecular formula is C35H56NO3+. The molecule has 2 unspecified atom stereocenters. The summed E-state index contributed by atoms with van der Waals surface area (Å²) >= 11 is 0. The van der Waals surface area contributed by atoms with Gasteiger partial charge in [0.2, 0.25) is 6.29 Å². The van der Waals surface area contributed by atoms with Gasteiger partial charge in [-0.05, 0) is 37.0 Å². The highest BCUT2D eigenvalue weighted by Crippen LogP contribution is 2.21. The van der Waals surface area contributed by atoms with Crippen molar-refractivity contribution in [2.24, 2.45) is 5.92 Å². The van der Waals surface area contributed by atoms with Crippen LogP contribution < -0.4 is 4.74 Å². The molecule has 0 aliphatic carbocycles. The van der Waals surface area contributed by atoms with Crippen LogP contribution in [0.3, 0.4) is 0 Å². The van der Waals surface area contributed by atoms with Gasteiger partial charge in [-0.15, -0.1) is 0 Å². The van der Waals surface area contributed by atoms with Crippen molar-refractivity contribution in [3.8, 4) is 5.75 Å². The van der Waals surface area contributed by atoms with E-state index in [4.69, 9.17) is 9.47 Å². The van der Waals surface area contributed by atoms with Crippen LogP contribution in [0.5, 0.6) is 5.75 Å². The molecule has 218 valence electrons. The molecule has 39 heavy (non-hydrogen) atoms. The molecule has 0 fully saturated rings. The molecule has 0 spiro atoms. The molecule has 0 aliphatic rings. The van der Waals surface area contributed by atoms with Crippen LogP contribution in [0.25, 0.3) is 0 Å². The second kappa shape index (κ2) is 18.9. The van der Waals surface area contributed by atoms with Crippen molar-refractivity contribution in [1.29, 1.82) is 0 Å². The number of esters is 1. The average molecular weight is 539 g/mol. The van der Waals surface area contributed by atoms with Gasteiger partial charge >= 0.3 is 5.97 Å². The van der Waals surface area contributed by atoms with Crippen molar-refractivity contribution in [3.63, 3.8) is 0 Å². The Balaban J connectivity index is 1.76. The Kier molecular flexibility index (Phi) is 15.9. The quantitative estimate of drug-likeness (QED) is 0.0688. The van der Waals surface area contributed by atoms with Crippen molar-refractivity contribution >= 4 is 5.97 Å². The topological polar surface area (TPSA) is 35.5 Å². The molecule has 2 aromatic carbocycles. The number of ether oxygens (including phenoxy) is 2. The van der Waals surface area contributed by atoms with E-state index in [2.05, 4.69) is 70.4 Å². The maximum absolute atomic E-state index is 13.0. The molecule has 4 nitrogen and oxygen atoms in total.